The summed E-state index contributed by atoms with van der Waals surface area (Å²) in [7, 11) is -6.00. The van der Waals surface area contributed by atoms with Crippen molar-refractivity contribution in [3.8, 4) is 24.3 Å². The van der Waals surface area contributed by atoms with Crippen LogP contribution >= 0.6 is 0 Å². The molecule has 0 amide bonds. The van der Waals surface area contributed by atoms with Gasteiger partial charge in [-0.15, -0.1) is 0 Å². The molecule has 0 spiro atoms. The van der Waals surface area contributed by atoms with E-state index in [1.54, 1.807) is 24.3 Å². The fraction of sp³-hybridized carbons (Fsp3) is 0.500. The van der Waals surface area contributed by atoms with E-state index < -0.39 is 7.25 Å². The highest BCUT2D eigenvalue weighted by atomic mass is 19.5. The Bertz CT molecular complexity index is 222. The topological polar surface area (TPSA) is 95.2 Å². The van der Waals surface area contributed by atoms with Gasteiger partial charge < -0.3 is 17.3 Å². The van der Waals surface area contributed by atoms with Gasteiger partial charge in [-0.2, -0.15) is 21.0 Å². The molecule has 0 bridgehead atoms. The smallest absolute Gasteiger partial charge is 0.418 e. The number of hydrogen-bond acceptors (Lipinski definition) is 4. The van der Waals surface area contributed by atoms with Gasteiger partial charge in [0.15, 0.2) is 0 Å². The molecule has 4 nitrogen and oxygen atoms in total. The molecule has 0 radical (unpaired) electrons. The fourth-order valence-electron chi connectivity index (χ4n) is 0. The van der Waals surface area contributed by atoms with Crippen LogP contribution < -0.4 is 0 Å². The lowest BCUT2D eigenvalue weighted by Gasteiger charge is -1.94. The van der Waals surface area contributed by atoms with E-state index in [9.17, 15) is 17.3 Å². The molecule has 0 fully saturated rings. The number of nitrogens with zero attached hydrogens (tertiary/aromatic N) is 4. The first-order chi connectivity index (χ1) is 7.66. The minimum absolute atomic E-state index is 1.43. The van der Waals surface area contributed by atoms with Crippen molar-refractivity contribution in [1.82, 2.24) is 0 Å². The second-order valence-corrected chi connectivity index (χ2v) is 1.39. The maximum Gasteiger partial charge on any atom is 0.673 e. The Morgan fingerprint density at radius 1 is 0.588 bits per heavy atom. The van der Waals surface area contributed by atoms with Crippen LogP contribution in [-0.4, -0.2) is 7.25 Å². The van der Waals surface area contributed by atoms with Crippen molar-refractivity contribution in [3.05, 3.63) is 0 Å². The standard InChI is InChI=1S/4C2H3N.BF4/c4*1-2-3;2-1(3,4)5/h4*1H3;/q;;;;-1. The second kappa shape index (κ2) is 37.2. The number of nitriles is 4. The molecule has 0 N–H and O–H groups in total. The number of halogens is 4. The summed E-state index contributed by atoms with van der Waals surface area (Å²) in [4.78, 5) is 0. The van der Waals surface area contributed by atoms with E-state index in [0.29, 0.717) is 0 Å². The summed E-state index contributed by atoms with van der Waals surface area (Å²) in [5.41, 5.74) is 0. The summed E-state index contributed by atoms with van der Waals surface area (Å²) in [6.45, 7) is 5.72. The van der Waals surface area contributed by atoms with E-state index >= 15 is 0 Å². The minimum atomic E-state index is -6.00. The molecule has 0 unspecified atom stereocenters. The van der Waals surface area contributed by atoms with Crippen LogP contribution in [0.15, 0.2) is 0 Å². The molecule has 17 heavy (non-hydrogen) atoms. The molecule has 9 heteroatoms. The molecule has 0 saturated heterocycles. The third kappa shape index (κ3) is 373. The van der Waals surface area contributed by atoms with Crippen LogP contribution in [0.5, 0.6) is 0 Å². The van der Waals surface area contributed by atoms with Crippen molar-refractivity contribution in [2.24, 2.45) is 0 Å². The molecule has 0 atom stereocenters. The van der Waals surface area contributed by atoms with Gasteiger partial charge in [0.25, 0.3) is 0 Å². The number of rotatable bonds is 0. The lowest BCUT2D eigenvalue weighted by molar-refractivity contribution is 0.368. The summed E-state index contributed by atoms with van der Waals surface area (Å²) in [6.07, 6.45) is 0. The van der Waals surface area contributed by atoms with E-state index in [2.05, 4.69) is 0 Å². The van der Waals surface area contributed by atoms with Crippen LogP contribution in [0.4, 0.5) is 17.3 Å². The van der Waals surface area contributed by atoms with E-state index in [0.717, 1.165) is 0 Å². The Morgan fingerprint density at radius 3 is 0.588 bits per heavy atom. The van der Waals surface area contributed by atoms with E-state index in [1.807, 2.05) is 0 Å². The van der Waals surface area contributed by atoms with Crippen molar-refractivity contribution in [2.45, 2.75) is 27.7 Å². The predicted octanol–water partition coefficient (Wildman–Crippen LogP) is 3.42. The Balaban J connectivity index is -0.0000000362. The molecule has 0 aromatic rings. The highest BCUT2D eigenvalue weighted by Gasteiger charge is 2.20. The SMILES string of the molecule is CC#N.CC#N.CC#N.CC#N.F[B-](F)(F)F. The van der Waals surface area contributed by atoms with Gasteiger partial charge in [-0.25, -0.2) is 0 Å². The molecule has 0 aromatic carbocycles. The van der Waals surface area contributed by atoms with Gasteiger partial charge in [-0.05, 0) is 0 Å². The van der Waals surface area contributed by atoms with Crippen molar-refractivity contribution in [3.63, 3.8) is 0 Å². The molecule has 0 aliphatic carbocycles. The van der Waals surface area contributed by atoms with Crippen LogP contribution in [-0.2, 0) is 0 Å². The Morgan fingerprint density at radius 2 is 0.588 bits per heavy atom. The zero-order chi connectivity index (χ0) is 15.3. The quantitative estimate of drug-likeness (QED) is 0.486. The first kappa shape index (κ1) is 29.3. The van der Waals surface area contributed by atoms with Gasteiger partial charge in [0, 0.05) is 27.7 Å². The molecule has 96 valence electrons. The lowest BCUT2D eigenvalue weighted by Crippen LogP contribution is -2.02. The third-order valence-electron chi connectivity index (χ3n) is 0. The van der Waals surface area contributed by atoms with Crippen molar-refractivity contribution < 1.29 is 17.3 Å². The first-order valence-corrected chi connectivity index (χ1v) is 3.77. The summed E-state index contributed by atoms with van der Waals surface area (Å²) < 4.78 is 39.0. The van der Waals surface area contributed by atoms with Gasteiger partial charge in [0.05, 0.1) is 24.3 Å². The summed E-state index contributed by atoms with van der Waals surface area (Å²) in [5.74, 6) is 0. The van der Waals surface area contributed by atoms with Crippen LogP contribution in [0.2, 0.25) is 0 Å². The molecule has 0 saturated carbocycles. The second-order valence-electron chi connectivity index (χ2n) is 1.39. The zero-order valence-corrected chi connectivity index (χ0v) is 9.88. The minimum Gasteiger partial charge on any atom is -0.418 e. The zero-order valence-electron chi connectivity index (χ0n) is 9.88. The highest BCUT2D eigenvalue weighted by molar-refractivity contribution is 6.50. The maximum atomic E-state index is 9.75. The van der Waals surface area contributed by atoms with Crippen LogP contribution in [0.1, 0.15) is 27.7 Å². The van der Waals surface area contributed by atoms with Gasteiger partial charge in [-0.3, -0.25) is 0 Å². The normalized spacial score (nSPS) is 5.41. The highest BCUT2D eigenvalue weighted by Crippen LogP contribution is 2.06. The van der Waals surface area contributed by atoms with Crippen LogP contribution in [0.25, 0.3) is 0 Å². The third-order valence-corrected chi connectivity index (χ3v) is 0. The summed E-state index contributed by atoms with van der Waals surface area (Å²) in [6, 6.07) is 7.00. The molecule has 0 heterocycles. The van der Waals surface area contributed by atoms with Gasteiger partial charge in [0.2, 0.25) is 0 Å². The van der Waals surface area contributed by atoms with E-state index in [1.165, 1.54) is 27.7 Å². The Hall–Kier alpha value is -2.26. The molecule has 0 aliphatic rings. The molecular weight excluding hydrogens is 239 g/mol. The Kier molecular flexibility index (Phi) is 64.2. The van der Waals surface area contributed by atoms with E-state index in [-0.39, 0.29) is 0 Å². The summed E-state index contributed by atoms with van der Waals surface area (Å²) in [5, 5.41) is 29.3. The molecule has 0 aromatic heterocycles. The fourth-order valence-corrected chi connectivity index (χ4v) is 0. The van der Waals surface area contributed by atoms with Gasteiger partial charge in [-0.1, -0.05) is 0 Å². The van der Waals surface area contributed by atoms with Crippen LogP contribution in [0.3, 0.4) is 0 Å². The summed E-state index contributed by atoms with van der Waals surface area (Å²) >= 11 is 0. The average Bonchev–Trinajstić information content (AvgIpc) is 2.04. The van der Waals surface area contributed by atoms with Crippen LogP contribution in [0, 0.1) is 45.3 Å². The van der Waals surface area contributed by atoms with Crippen molar-refractivity contribution >= 4 is 7.25 Å². The van der Waals surface area contributed by atoms with Gasteiger partial charge in [0.1, 0.15) is 0 Å². The Labute approximate surface area is 98.4 Å². The van der Waals surface area contributed by atoms with Crippen molar-refractivity contribution in [1.29, 1.82) is 21.0 Å². The lowest BCUT2D eigenvalue weighted by atomic mass is 10.3. The first-order valence-electron chi connectivity index (χ1n) is 3.77. The average molecular weight is 251 g/mol. The molecular formula is C8H12BF4N4-. The molecule has 0 aliphatic heterocycles. The predicted molar refractivity (Wildman–Crippen MR) is 55.3 cm³/mol. The largest absolute Gasteiger partial charge is 0.673 e. The monoisotopic (exact) mass is 251 g/mol. The maximum absolute atomic E-state index is 9.75. The van der Waals surface area contributed by atoms with Gasteiger partial charge >= 0.3 is 7.25 Å². The van der Waals surface area contributed by atoms with Crippen molar-refractivity contribution in [2.75, 3.05) is 0 Å². The molecule has 0 rings (SSSR count). The number of hydrogen-bond donors (Lipinski definition) is 0. The van der Waals surface area contributed by atoms with E-state index in [4.69, 9.17) is 21.0 Å².